The zero-order valence-corrected chi connectivity index (χ0v) is 15.3. The van der Waals surface area contributed by atoms with Crippen molar-refractivity contribution in [1.82, 2.24) is 20.1 Å². The Balaban J connectivity index is 1.31. The van der Waals surface area contributed by atoms with Crippen LogP contribution < -0.4 is 4.90 Å². The second-order valence-electron chi connectivity index (χ2n) is 7.38. The summed E-state index contributed by atoms with van der Waals surface area (Å²) < 4.78 is 0. The summed E-state index contributed by atoms with van der Waals surface area (Å²) in [6.45, 7) is 1.56. The quantitative estimate of drug-likeness (QED) is 0.719. The first-order chi connectivity index (χ1) is 13.2. The van der Waals surface area contributed by atoms with Crippen molar-refractivity contribution in [2.75, 3.05) is 25.0 Å². The molecule has 2 aromatic heterocycles. The van der Waals surface area contributed by atoms with Gasteiger partial charge in [-0.05, 0) is 42.3 Å². The van der Waals surface area contributed by atoms with Crippen molar-refractivity contribution in [3.8, 4) is 0 Å². The molecule has 0 radical (unpaired) electrons. The van der Waals surface area contributed by atoms with E-state index in [0.29, 0.717) is 5.69 Å². The predicted molar refractivity (Wildman–Crippen MR) is 104 cm³/mol. The van der Waals surface area contributed by atoms with Crippen LogP contribution in [-0.4, -0.2) is 52.2 Å². The molecule has 0 unspecified atom stereocenters. The molecule has 0 saturated carbocycles. The van der Waals surface area contributed by atoms with Gasteiger partial charge in [0.1, 0.15) is 5.69 Å². The maximum absolute atomic E-state index is 13.0. The van der Waals surface area contributed by atoms with Crippen LogP contribution in [0.5, 0.6) is 0 Å². The fraction of sp³-hybridized carbons (Fsp3) is 0.333. The maximum Gasteiger partial charge on any atom is 0.273 e. The van der Waals surface area contributed by atoms with Crippen LogP contribution in [0.2, 0.25) is 0 Å². The summed E-state index contributed by atoms with van der Waals surface area (Å²) >= 11 is 0. The lowest BCUT2D eigenvalue weighted by atomic mass is 10.0. The molecule has 1 saturated heterocycles. The van der Waals surface area contributed by atoms with E-state index in [1.54, 1.807) is 6.20 Å². The van der Waals surface area contributed by atoms with E-state index >= 15 is 0 Å². The van der Waals surface area contributed by atoms with Gasteiger partial charge in [-0.25, -0.2) is 0 Å². The molecule has 1 aromatic carbocycles. The van der Waals surface area contributed by atoms with E-state index in [1.807, 2.05) is 42.3 Å². The lowest BCUT2D eigenvalue weighted by Gasteiger charge is -2.44. The molecule has 1 aliphatic carbocycles. The number of aromatic nitrogens is 3. The number of hydrogen-bond acceptors (Lipinski definition) is 5. The number of benzene rings is 1. The average molecular weight is 359 g/mol. The van der Waals surface area contributed by atoms with E-state index in [0.717, 1.165) is 48.2 Å². The maximum atomic E-state index is 13.0. The Bertz CT molecular complexity index is 1020. The van der Waals surface area contributed by atoms with Crippen LogP contribution in [0, 0.1) is 0 Å². The molecule has 0 N–H and O–H groups in total. The van der Waals surface area contributed by atoms with Gasteiger partial charge < -0.3 is 9.80 Å². The summed E-state index contributed by atoms with van der Waals surface area (Å²) in [5.41, 5.74) is 2.99. The SMILES string of the molecule is CN(C(=O)c1nccc2ccccc12)C1CN(c2cc3c(nn2)CCC3)C1. The molecule has 1 amide bonds. The molecule has 1 fully saturated rings. The van der Waals surface area contributed by atoms with Gasteiger partial charge in [0.05, 0.1) is 11.7 Å². The van der Waals surface area contributed by atoms with Gasteiger partial charge in [-0.3, -0.25) is 9.78 Å². The van der Waals surface area contributed by atoms with E-state index in [1.165, 1.54) is 12.0 Å². The second-order valence-corrected chi connectivity index (χ2v) is 7.38. The number of hydrogen-bond donors (Lipinski definition) is 0. The molecule has 6 nitrogen and oxygen atoms in total. The van der Waals surface area contributed by atoms with Crippen LogP contribution in [0.3, 0.4) is 0 Å². The van der Waals surface area contributed by atoms with Gasteiger partial charge in [0, 0.05) is 31.7 Å². The van der Waals surface area contributed by atoms with Gasteiger partial charge in [0.2, 0.25) is 0 Å². The summed E-state index contributed by atoms with van der Waals surface area (Å²) in [5, 5.41) is 10.7. The van der Waals surface area contributed by atoms with E-state index in [2.05, 4.69) is 26.1 Å². The lowest BCUT2D eigenvalue weighted by Crippen LogP contribution is -2.60. The first-order valence-corrected chi connectivity index (χ1v) is 9.42. The zero-order chi connectivity index (χ0) is 18.4. The fourth-order valence-electron chi connectivity index (χ4n) is 3.98. The van der Waals surface area contributed by atoms with Crippen molar-refractivity contribution in [2.45, 2.75) is 25.3 Å². The monoisotopic (exact) mass is 359 g/mol. The lowest BCUT2D eigenvalue weighted by molar-refractivity contribution is 0.0701. The summed E-state index contributed by atoms with van der Waals surface area (Å²) in [4.78, 5) is 21.4. The Kier molecular flexibility index (Phi) is 3.77. The number of pyridine rings is 1. The summed E-state index contributed by atoms with van der Waals surface area (Å²) in [5.74, 6) is 0.896. The fourth-order valence-corrected chi connectivity index (χ4v) is 3.98. The van der Waals surface area contributed by atoms with Crippen LogP contribution in [0.4, 0.5) is 5.82 Å². The molecule has 2 aliphatic rings. The molecule has 27 heavy (non-hydrogen) atoms. The molecule has 136 valence electrons. The van der Waals surface area contributed by atoms with Gasteiger partial charge in [-0.15, -0.1) is 5.10 Å². The minimum absolute atomic E-state index is 0.0310. The standard InChI is InChI=1S/C21H21N5O/c1-25(21(27)20-17-7-3-2-5-14(17)9-10-22-20)16-12-26(13-16)19-11-15-6-4-8-18(15)23-24-19/h2-3,5,7,9-11,16H,4,6,8,12-13H2,1H3. The van der Waals surface area contributed by atoms with E-state index < -0.39 is 0 Å². The van der Waals surface area contributed by atoms with E-state index in [-0.39, 0.29) is 11.9 Å². The highest BCUT2D eigenvalue weighted by molar-refractivity contribution is 6.05. The topological polar surface area (TPSA) is 62.2 Å². The minimum atomic E-state index is -0.0310. The number of aryl methyl sites for hydroxylation is 2. The first-order valence-electron chi connectivity index (χ1n) is 9.42. The van der Waals surface area contributed by atoms with Gasteiger partial charge in [-0.1, -0.05) is 24.3 Å². The van der Waals surface area contributed by atoms with Crippen molar-refractivity contribution in [1.29, 1.82) is 0 Å². The zero-order valence-electron chi connectivity index (χ0n) is 15.3. The Labute approximate surface area is 157 Å². The molecule has 3 aromatic rings. The van der Waals surface area contributed by atoms with E-state index in [4.69, 9.17) is 0 Å². The first kappa shape index (κ1) is 16.2. The van der Waals surface area contributed by atoms with Gasteiger partial charge in [-0.2, -0.15) is 5.10 Å². The molecule has 0 atom stereocenters. The number of carbonyl (C=O) groups is 1. The van der Waals surface area contributed by atoms with Crippen LogP contribution in [0.25, 0.3) is 10.8 Å². The minimum Gasteiger partial charge on any atom is -0.351 e. The molecule has 5 rings (SSSR count). The Morgan fingerprint density at radius 3 is 2.89 bits per heavy atom. The molecular weight excluding hydrogens is 338 g/mol. The molecular formula is C21H21N5O. The third-order valence-electron chi connectivity index (χ3n) is 5.74. The van der Waals surface area contributed by atoms with Gasteiger partial charge in [0.15, 0.2) is 5.82 Å². The molecule has 3 heterocycles. The van der Waals surface area contributed by atoms with Crippen molar-refractivity contribution < 1.29 is 4.79 Å². The Hall–Kier alpha value is -3.02. The summed E-state index contributed by atoms with van der Waals surface area (Å²) in [7, 11) is 1.86. The van der Waals surface area contributed by atoms with E-state index in [9.17, 15) is 4.79 Å². The summed E-state index contributed by atoms with van der Waals surface area (Å²) in [6, 6.07) is 12.1. The highest BCUT2D eigenvalue weighted by Crippen LogP contribution is 2.27. The number of nitrogens with zero attached hydrogens (tertiary/aromatic N) is 5. The molecule has 6 heteroatoms. The normalized spacial score (nSPS) is 16.3. The number of amides is 1. The molecule has 1 aliphatic heterocycles. The van der Waals surface area contributed by atoms with Crippen LogP contribution in [-0.2, 0) is 12.8 Å². The van der Waals surface area contributed by atoms with Crippen molar-refractivity contribution in [3.05, 3.63) is 59.5 Å². The molecule has 0 bridgehead atoms. The number of carbonyl (C=O) groups excluding carboxylic acids is 1. The van der Waals surface area contributed by atoms with Crippen molar-refractivity contribution >= 4 is 22.5 Å². The third-order valence-corrected chi connectivity index (χ3v) is 5.74. The van der Waals surface area contributed by atoms with Crippen molar-refractivity contribution in [3.63, 3.8) is 0 Å². The second kappa shape index (κ2) is 6.30. The number of rotatable bonds is 3. The predicted octanol–water partition coefficient (Wildman–Crippen LogP) is 2.47. The smallest absolute Gasteiger partial charge is 0.273 e. The number of fused-ring (bicyclic) bond motifs is 2. The highest BCUT2D eigenvalue weighted by Gasteiger charge is 2.35. The largest absolute Gasteiger partial charge is 0.351 e. The molecule has 0 spiro atoms. The van der Waals surface area contributed by atoms with Crippen molar-refractivity contribution in [2.24, 2.45) is 0 Å². The Morgan fingerprint density at radius 1 is 1.15 bits per heavy atom. The summed E-state index contributed by atoms with van der Waals surface area (Å²) in [6.07, 6.45) is 5.02. The Morgan fingerprint density at radius 2 is 2.00 bits per heavy atom. The average Bonchev–Trinajstić information content (AvgIpc) is 3.13. The van der Waals surface area contributed by atoms with Crippen LogP contribution in [0.15, 0.2) is 42.6 Å². The third kappa shape index (κ3) is 2.72. The highest BCUT2D eigenvalue weighted by atomic mass is 16.2. The van der Waals surface area contributed by atoms with Crippen LogP contribution >= 0.6 is 0 Å². The number of anilines is 1. The number of likely N-dealkylation sites (N-methyl/N-ethyl adjacent to an activating group) is 1. The van der Waals surface area contributed by atoms with Crippen LogP contribution in [0.1, 0.15) is 28.2 Å². The van der Waals surface area contributed by atoms with Gasteiger partial charge in [0.25, 0.3) is 5.91 Å². The van der Waals surface area contributed by atoms with Gasteiger partial charge >= 0.3 is 0 Å².